The number of nitrogens with zero attached hydrogens (tertiary/aromatic N) is 2. The fourth-order valence-electron chi connectivity index (χ4n) is 2.81. The van der Waals surface area contributed by atoms with Crippen LogP contribution in [0.2, 0.25) is 0 Å². The van der Waals surface area contributed by atoms with Gasteiger partial charge in [-0.3, -0.25) is 0 Å². The third-order valence-corrected chi connectivity index (χ3v) is 4.19. The number of nitrogens with two attached hydrogens (primary N) is 1. The molecule has 3 nitrogen and oxygen atoms in total. The molecule has 0 aromatic carbocycles. The first-order chi connectivity index (χ1) is 7.66. The van der Waals surface area contributed by atoms with Crippen LogP contribution in [0.3, 0.4) is 0 Å². The van der Waals surface area contributed by atoms with Crippen LogP contribution >= 0.6 is 0 Å². The third kappa shape index (κ3) is 1.53. The van der Waals surface area contributed by atoms with Crippen LogP contribution in [0, 0.1) is 11.8 Å². The summed E-state index contributed by atoms with van der Waals surface area (Å²) in [4.78, 5) is 0. The smallest absolute Gasteiger partial charge is 0.125 e. The molecule has 0 saturated heterocycles. The van der Waals surface area contributed by atoms with E-state index in [0.29, 0.717) is 6.04 Å². The molecule has 2 aliphatic rings. The summed E-state index contributed by atoms with van der Waals surface area (Å²) in [5.74, 6) is 2.52. The van der Waals surface area contributed by atoms with Crippen LogP contribution in [-0.2, 0) is 12.8 Å². The van der Waals surface area contributed by atoms with Crippen molar-refractivity contribution >= 4 is 5.82 Å². The van der Waals surface area contributed by atoms with Gasteiger partial charge in [-0.05, 0) is 43.9 Å². The molecule has 1 aromatic heterocycles. The monoisotopic (exact) mass is 219 g/mol. The van der Waals surface area contributed by atoms with Gasteiger partial charge in [-0.2, -0.15) is 5.10 Å². The second-order valence-electron chi connectivity index (χ2n) is 5.73. The first-order valence-electron chi connectivity index (χ1n) is 6.52. The van der Waals surface area contributed by atoms with Gasteiger partial charge >= 0.3 is 0 Å². The lowest BCUT2D eigenvalue weighted by Gasteiger charge is -2.24. The van der Waals surface area contributed by atoms with E-state index in [9.17, 15) is 0 Å². The van der Waals surface area contributed by atoms with Crippen molar-refractivity contribution < 1.29 is 0 Å². The topological polar surface area (TPSA) is 43.8 Å². The fraction of sp³-hybridized carbons (Fsp3) is 0.769. The standard InChI is InChI=1S/C13H21N3/c1-8(2)9-3-6-12-11(7-9)13(14)16(15-12)10-4-5-10/h8-10H,3-7,14H2,1-2H3. The van der Waals surface area contributed by atoms with Gasteiger partial charge in [-0.1, -0.05) is 13.8 Å². The lowest BCUT2D eigenvalue weighted by atomic mass is 9.80. The maximum atomic E-state index is 6.23. The molecule has 0 bridgehead atoms. The normalized spacial score (nSPS) is 24.8. The van der Waals surface area contributed by atoms with Gasteiger partial charge in [-0.25, -0.2) is 4.68 Å². The molecular formula is C13H21N3. The molecule has 16 heavy (non-hydrogen) atoms. The number of hydrogen-bond donors (Lipinski definition) is 1. The summed E-state index contributed by atoms with van der Waals surface area (Å²) in [7, 11) is 0. The van der Waals surface area contributed by atoms with E-state index in [0.717, 1.165) is 30.5 Å². The van der Waals surface area contributed by atoms with Gasteiger partial charge in [0, 0.05) is 5.56 Å². The van der Waals surface area contributed by atoms with Crippen LogP contribution in [0.4, 0.5) is 5.82 Å². The van der Waals surface area contributed by atoms with E-state index < -0.39 is 0 Å². The van der Waals surface area contributed by atoms with Gasteiger partial charge in [0.1, 0.15) is 5.82 Å². The molecule has 0 aliphatic heterocycles. The molecule has 1 atom stereocenters. The number of fused-ring (bicyclic) bond motifs is 1. The van der Waals surface area contributed by atoms with Crippen molar-refractivity contribution in [3.05, 3.63) is 11.3 Å². The van der Waals surface area contributed by atoms with Crippen molar-refractivity contribution in [2.24, 2.45) is 11.8 Å². The zero-order valence-electron chi connectivity index (χ0n) is 10.2. The van der Waals surface area contributed by atoms with Gasteiger partial charge < -0.3 is 5.73 Å². The molecule has 3 heteroatoms. The summed E-state index contributed by atoms with van der Waals surface area (Å²) < 4.78 is 2.09. The number of aromatic nitrogens is 2. The number of hydrogen-bond acceptors (Lipinski definition) is 2. The van der Waals surface area contributed by atoms with E-state index in [-0.39, 0.29) is 0 Å². The van der Waals surface area contributed by atoms with Crippen molar-refractivity contribution in [2.75, 3.05) is 5.73 Å². The van der Waals surface area contributed by atoms with Crippen molar-refractivity contribution in [3.8, 4) is 0 Å². The maximum absolute atomic E-state index is 6.23. The van der Waals surface area contributed by atoms with Gasteiger partial charge in [0.25, 0.3) is 0 Å². The van der Waals surface area contributed by atoms with Crippen LogP contribution in [0.25, 0.3) is 0 Å². The number of rotatable bonds is 2. The molecule has 88 valence electrons. The highest BCUT2D eigenvalue weighted by molar-refractivity contribution is 5.45. The molecule has 0 spiro atoms. The van der Waals surface area contributed by atoms with Gasteiger partial charge in [0.15, 0.2) is 0 Å². The summed E-state index contributed by atoms with van der Waals surface area (Å²) >= 11 is 0. The average molecular weight is 219 g/mol. The molecule has 1 fully saturated rings. The molecule has 1 heterocycles. The first kappa shape index (κ1) is 10.2. The van der Waals surface area contributed by atoms with Gasteiger partial charge in [0.2, 0.25) is 0 Å². The second-order valence-corrected chi connectivity index (χ2v) is 5.73. The SMILES string of the molecule is CC(C)C1CCc2nn(C3CC3)c(N)c2C1. The zero-order valence-corrected chi connectivity index (χ0v) is 10.2. The predicted octanol–water partition coefficient (Wildman–Crippen LogP) is 2.56. The van der Waals surface area contributed by atoms with Gasteiger partial charge in [0.05, 0.1) is 11.7 Å². The minimum Gasteiger partial charge on any atom is -0.384 e. The molecule has 3 rings (SSSR count). The highest BCUT2D eigenvalue weighted by Gasteiger charge is 2.32. The van der Waals surface area contributed by atoms with Crippen LogP contribution in [0.15, 0.2) is 0 Å². The van der Waals surface area contributed by atoms with E-state index in [4.69, 9.17) is 10.8 Å². The van der Waals surface area contributed by atoms with Crippen molar-refractivity contribution in [2.45, 2.75) is 52.0 Å². The Balaban J connectivity index is 1.91. The van der Waals surface area contributed by atoms with Crippen molar-refractivity contribution in [1.82, 2.24) is 9.78 Å². The van der Waals surface area contributed by atoms with Crippen molar-refractivity contribution in [3.63, 3.8) is 0 Å². The van der Waals surface area contributed by atoms with E-state index in [1.165, 1.54) is 30.5 Å². The number of anilines is 1. The van der Waals surface area contributed by atoms with E-state index in [1.807, 2.05) is 0 Å². The predicted molar refractivity (Wildman–Crippen MR) is 65.3 cm³/mol. The Morgan fingerprint density at radius 1 is 1.31 bits per heavy atom. The highest BCUT2D eigenvalue weighted by atomic mass is 15.3. The molecule has 2 aliphatic carbocycles. The lowest BCUT2D eigenvalue weighted by Crippen LogP contribution is -2.19. The fourth-order valence-corrected chi connectivity index (χ4v) is 2.81. The minimum absolute atomic E-state index is 0.614. The zero-order chi connectivity index (χ0) is 11.3. The number of nitrogen functional groups attached to an aromatic ring is 1. The summed E-state index contributed by atoms with van der Waals surface area (Å²) in [6.45, 7) is 4.63. The molecule has 0 amide bonds. The molecule has 1 saturated carbocycles. The second kappa shape index (κ2) is 3.51. The van der Waals surface area contributed by atoms with E-state index in [1.54, 1.807) is 0 Å². The molecule has 2 N–H and O–H groups in total. The number of aryl methyl sites for hydroxylation is 1. The minimum atomic E-state index is 0.614. The molecule has 0 radical (unpaired) electrons. The quantitative estimate of drug-likeness (QED) is 0.830. The summed E-state index contributed by atoms with van der Waals surface area (Å²) in [5, 5.41) is 4.70. The molecular weight excluding hydrogens is 198 g/mol. The lowest BCUT2D eigenvalue weighted by molar-refractivity contribution is 0.342. The Morgan fingerprint density at radius 2 is 2.06 bits per heavy atom. The van der Waals surface area contributed by atoms with Crippen LogP contribution in [0.5, 0.6) is 0 Å². The Hall–Kier alpha value is -0.990. The molecule has 1 unspecified atom stereocenters. The summed E-state index contributed by atoms with van der Waals surface area (Å²) in [6, 6.07) is 0.614. The summed E-state index contributed by atoms with van der Waals surface area (Å²) in [6.07, 6.45) is 6.08. The molecule has 1 aromatic rings. The maximum Gasteiger partial charge on any atom is 0.125 e. The van der Waals surface area contributed by atoms with Crippen LogP contribution in [0.1, 0.15) is 50.4 Å². The van der Waals surface area contributed by atoms with Crippen LogP contribution in [-0.4, -0.2) is 9.78 Å². The van der Waals surface area contributed by atoms with Gasteiger partial charge in [-0.15, -0.1) is 0 Å². The highest BCUT2D eigenvalue weighted by Crippen LogP contribution is 2.40. The van der Waals surface area contributed by atoms with E-state index >= 15 is 0 Å². The summed E-state index contributed by atoms with van der Waals surface area (Å²) in [5.41, 5.74) is 8.87. The largest absolute Gasteiger partial charge is 0.384 e. The van der Waals surface area contributed by atoms with Crippen molar-refractivity contribution in [1.29, 1.82) is 0 Å². The Morgan fingerprint density at radius 3 is 2.69 bits per heavy atom. The average Bonchev–Trinajstić information content (AvgIpc) is 3.04. The van der Waals surface area contributed by atoms with Crippen LogP contribution < -0.4 is 5.73 Å². The Labute approximate surface area is 97.0 Å². The van der Waals surface area contributed by atoms with E-state index in [2.05, 4.69) is 18.5 Å². The first-order valence-corrected chi connectivity index (χ1v) is 6.52. The Kier molecular flexibility index (Phi) is 2.23. The Bertz CT molecular complexity index is 402. The third-order valence-electron chi connectivity index (χ3n) is 4.19.